The highest BCUT2D eigenvalue weighted by molar-refractivity contribution is 7.89. The summed E-state index contributed by atoms with van der Waals surface area (Å²) in [5.74, 6) is 0.352. The van der Waals surface area contributed by atoms with Gasteiger partial charge in [-0.25, -0.2) is 22.2 Å². The van der Waals surface area contributed by atoms with Crippen molar-refractivity contribution < 1.29 is 17.5 Å². The molecule has 2 atom stereocenters. The number of fused-ring (bicyclic) bond motifs is 1. The van der Waals surface area contributed by atoms with E-state index < -0.39 is 22.2 Å². The summed E-state index contributed by atoms with van der Waals surface area (Å²) >= 11 is 0. The molecule has 1 heterocycles. The summed E-state index contributed by atoms with van der Waals surface area (Å²) in [4.78, 5) is 0. The molecular formula is C26H28FN3O3S. The SMILES string of the molecule is CC(C)CS(=O)(=O)NC(C)C(Oc1ccc2c(cnn2-c2ccc(F)cc2)c1)c1ccccc1. The lowest BCUT2D eigenvalue weighted by atomic mass is 10.0. The summed E-state index contributed by atoms with van der Waals surface area (Å²) in [6.45, 7) is 5.55. The average Bonchev–Trinajstić information content (AvgIpc) is 3.20. The summed E-state index contributed by atoms with van der Waals surface area (Å²) in [6, 6.07) is 20.8. The topological polar surface area (TPSA) is 73.2 Å². The van der Waals surface area contributed by atoms with Crippen molar-refractivity contribution in [1.82, 2.24) is 14.5 Å². The number of nitrogens with one attached hydrogen (secondary N) is 1. The van der Waals surface area contributed by atoms with E-state index in [1.807, 2.05) is 62.4 Å². The smallest absolute Gasteiger partial charge is 0.212 e. The van der Waals surface area contributed by atoms with Gasteiger partial charge in [0.15, 0.2) is 0 Å². The molecular weight excluding hydrogens is 453 g/mol. The number of ether oxygens (including phenoxy) is 1. The van der Waals surface area contributed by atoms with E-state index in [0.717, 1.165) is 22.2 Å². The summed E-state index contributed by atoms with van der Waals surface area (Å²) in [5.41, 5.74) is 2.46. The van der Waals surface area contributed by atoms with Crippen molar-refractivity contribution in [3.8, 4) is 11.4 Å². The molecule has 0 saturated carbocycles. The lowest BCUT2D eigenvalue weighted by molar-refractivity contribution is 0.173. The van der Waals surface area contributed by atoms with Crippen LogP contribution in [0.1, 0.15) is 32.4 Å². The Morgan fingerprint density at radius 3 is 2.38 bits per heavy atom. The molecule has 0 radical (unpaired) electrons. The van der Waals surface area contributed by atoms with Crippen LogP contribution in [0.15, 0.2) is 79.0 Å². The van der Waals surface area contributed by atoms with Crippen LogP contribution in [-0.4, -0.2) is 30.0 Å². The zero-order valence-electron chi connectivity index (χ0n) is 19.4. The molecule has 0 bridgehead atoms. The van der Waals surface area contributed by atoms with Crippen molar-refractivity contribution in [1.29, 1.82) is 0 Å². The molecule has 0 spiro atoms. The molecule has 0 aliphatic heterocycles. The number of benzene rings is 3. The van der Waals surface area contributed by atoms with Crippen LogP contribution < -0.4 is 9.46 Å². The van der Waals surface area contributed by atoms with Crippen molar-refractivity contribution in [2.24, 2.45) is 5.92 Å². The van der Waals surface area contributed by atoms with E-state index in [4.69, 9.17) is 4.74 Å². The van der Waals surface area contributed by atoms with Gasteiger partial charge in [-0.2, -0.15) is 5.10 Å². The van der Waals surface area contributed by atoms with Gasteiger partial charge in [-0.05, 0) is 60.9 Å². The van der Waals surface area contributed by atoms with E-state index in [0.29, 0.717) is 5.75 Å². The molecule has 8 heteroatoms. The second-order valence-electron chi connectivity index (χ2n) is 8.78. The highest BCUT2D eigenvalue weighted by Gasteiger charge is 2.26. The number of nitrogens with zero attached hydrogens (tertiary/aromatic N) is 2. The van der Waals surface area contributed by atoms with Gasteiger partial charge in [0, 0.05) is 5.39 Å². The molecule has 0 aliphatic carbocycles. The highest BCUT2D eigenvalue weighted by Crippen LogP contribution is 2.29. The van der Waals surface area contributed by atoms with E-state index >= 15 is 0 Å². The van der Waals surface area contributed by atoms with Crippen molar-refractivity contribution in [3.63, 3.8) is 0 Å². The van der Waals surface area contributed by atoms with Crippen LogP contribution in [0.5, 0.6) is 5.75 Å². The van der Waals surface area contributed by atoms with Gasteiger partial charge in [0.2, 0.25) is 10.0 Å². The van der Waals surface area contributed by atoms with E-state index in [9.17, 15) is 12.8 Å². The fourth-order valence-corrected chi connectivity index (χ4v) is 5.62. The average molecular weight is 482 g/mol. The lowest BCUT2D eigenvalue weighted by Gasteiger charge is -2.27. The predicted molar refractivity (Wildman–Crippen MR) is 132 cm³/mol. The fourth-order valence-electron chi connectivity index (χ4n) is 3.95. The Labute approximate surface area is 199 Å². The van der Waals surface area contributed by atoms with Gasteiger partial charge in [-0.3, -0.25) is 0 Å². The molecule has 1 aromatic heterocycles. The maximum absolute atomic E-state index is 13.3. The monoisotopic (exact) mass is 481 g/mol. The molecule has 1 N–H and O–H groups in total. The van der Waals surface area contributed by atoms with E-state index in [1.54, 1.807) is 29.9 Å². The standard InChI is InChI=1S/C26H28FN3O3S/c1-18(2)17-34(31,32)29-19(3)26(20-7-5-4-6-8-20)33-24-13-14-25-21(15-24)16-28-30(25)23-11-9-22(27)10-12-23/h4-16,18-19,26,29H,17H2,1-3H3. The van der Waals surface area contributed by atoms with Gasteiger partial charge in [-0.15, -0.1) is 0 Å². The Kier molecular flexibility index (Phi) is 7.00. The Hall–Kier alpha value is -3.23. The van der Waals surface area contributed by atoms with E-state index in [2.05, 4.69) is 9.82 Å². The molecule has 4 aromatic rings. The van der Waals surface area contributed by atoms with Gasteiger partial charge < -0.3 is 4.74 Å². The Morgan fingerprint density at radius 1 is 1.00 bits per heavy atom. The Balaban J connectivity index is 1.62. The first-order chi connectivity index (χ1) is 16.2. The first-order valence-corrected chi connectivity index (χ1v) is 12.8. The van der Waals surface area contributed by atoms with Crippen LogP contribution in [0.25, 0.3) is 16.6 Å². The van der Waals surface area contributed by atoms with Crippen LogP contribution in [-0.2, 0) is 10.0 Å². The van der Waals surface area contributed by atoms with Crippen molar-refractivity contribution in [3.05, 3.63) is 90.4 Å². The molecule has 4 rings (SSSR count). The number of halogens is 1. The third kappa shape index (κ3) is 5.63. The number of aromatic nitrogens is 2. The van der Waals surface area contributed by atoms with Gasteiger partial charge in [0.05, 0.1) is 29.2 Å². The third-order valence-electron chi connectivity index (χ3n) is 5.37. The minimum absolute atomic E-state index is 0.0147. The second-order valence-corrected chi connectivity index (χ2v) is 10.6. The van der Waals surface area contributed by atoms with Gasteiger partial charge >= 0.3 is 0 Å². The van der Waals surface area contributed by atoms with Crippen molar-refractivity contribution in [2.75, 3.05) is 5.75 Å². The molecule has 0 amide bonds. The first kappa shape index (κ1) is 23.9. The van der Waals surface area contributed by atoms with Crippen LogP contribution in [0.2, 0.25) is 0 Å². The molecule has 6 nitrogen and oxygen atoms in total. The van der Waals surface area contributed by atoms with Gasteiger partial charge in [-0.1, -0.05) is 44.2 Å². The number of hydrogen-bond acceptors (Lipinski definition) is 4. The van der Waals surface area contributed by atoms with Crippen LogP contribution in [0, 0.1) is 11.7 Å². The summed E-state index contributed by atoms with van der Waals surface area (Å²) in [5, 5.41) is 5.28. The zero-order valence-corrected chi connectivity index (χ0v) is 20.2. The first-order valence-electron chi connectivity index (χ1n) is 11.2. The fraction of sp³-hybridized carbons (Fsp3) is 0.269. The summed E-state index contributed by atoms with van der Waals surface area (Å²) in [6.07, 6.45) is 1.19. The Morgan fingerprint density at radius 2 is 1.71 bits per heavy atom. The molecule has 3 aromatic carbocycles. The van der Waals surface area contributed by atoms with Crippen molar-refractivity contribution in [2.45, 2.75) is 32.9 Å². The normalized spacial score (nSPS) is 13.8. The lowest BCUT2D eigenvalue weighted by Crippen LogP contribution is -2.41. The molecule has 2 unspecified atom stereocenters. The Bertz CT molecular complexity index is 1350. The summed E-state index contributed by atoms with van der Waals surface area (Å²) in [7, 11) is -3.46. The van der Waals surface area contributed by atoms with Gasteiger partial charge in [0.1, 0.15) is 17.7 Å². The molecule has 0 aliphatic rings. The molecule has 0 fully saturated rings. The van der Waals surface area contributed by atoms with Crippen LogP contribution >= 0.6 is 0 Å². The second kappa shape index (κ2) is 9.95. The molecule has 0 saturated heterocycles. The largest absolute Gasteiger partial charge is 0.484 e. The van der Waals surface area contributed by atoms with E-state index in [-0.39, 0.29) is 17.5 Å². The van der Waals surface area contributed by atoms with E-state index in [1.165, 1.54) is 12.1 Å². The van der Waals surface area contributed by atoms with Crippen molar-refractivity contribution >= 4 is 20.9 Å². The summed E-state index contributed by atoms with van der Waals surface area (Å²) < 4.78 is 49.3. The number of rotatable bonds is 9. The van der Waals surface area contributed by atoms with Gasteiger partial charge in [0.25, 0.3) is 0 Å². The van der Waals surface area contributed by atoms with Crippen LogP contribution in [0.3, 0.4) is 0 Å². The third-order valence-corrected chi connectivity index (χ3v) is 7.21. The minimum Gasteiger partial charge on any atom is -0.484 e. The highest BCUT2D eigenvalue weighted by atomic mass is 32.2. The predicted octanol–water partition coefficient (Wildman–Crippen LogP) is 5.25. The number of hydrogen-bond donors (Lipinski definition) is 1. The zero-order chi connectivity index (χ0) is 24.3. The maximum atomic E-state index is 13.3. The molecule has 34 heavy (non-hydrogen) atoms. The maximum Gasteiger partial charge on any atom is 0.212 e. The minimum atomic E-state index is -3.46. The molecule has 178 valence electrons. The van der Waals surface area contributed by atoms with Crippen LogP contribution in [0.4, 0.5) is 4.39 Å². The number of sulfonamides is 1. The quantitative estimate of drug-likeness (QED) is 0.354.